The van der Waals surface area contributed by atoms with Crippen LogP contribution in [-0.2, 0) is 6.61 Å². The van der Waals surface area contributed by atoms with Crippen LogP contribution in [0.5, 0.6) is 5.75 Å². The summed E-state index contributed by atoms with van der Waals surface area (Å²) in [6.07, 6.45) is 3.87. The fourth-order valence-electron chi connectivity index (χ4n) is 5.06. The molecule has 0 radical (unpaired) electrons. The molecule has 1 unspecified atom stereocenters. The SMILES string of the molecule is O=C(O)N1CCN(CC(c2ccc(OCc3ccccc3)c(Cl)c2)C2(O)CCCCC2)CC1. The molecule has 2 aromatic carbocycles. The summed E-state index contributed by atoms with van der Waals surface area (Å²) in [6.45, 7) is 3.46. The molecule has 178 valence electrons. The van der Waals surface area contributed by atoms with Crippen LogP contribution in [-0.4, -0.2) is 64.4 Å². The van der Waals surface area contributed by atoms with Gasteiger partial charge in [0.25, 0.3) is 0 Å². The Hall–Kier alpha value is -2.28. The highest BCUT2D eigenvalue weighted by Gasteiger charge is 2.40. The summed E-state index contributed by atoms with van der Waals surface area (Å²) >= 11 is 6.63. The van der Waals surface area contributed by atoms with E-state index in [0.29, 0.717) is 50.1 Å². The zero-order valence-electron chi connectivity index (χ0n) is 19.0. The summed E-state index contributed by atoms with van der Waals surface area (Å²) in [4.78, 5) is 15.0. The molecule has 1 saturated heterocycles. The molecule has 1 aliphatic carbocycles. The van der Waals surface area contributed by atoms with Crippen molar-refractivity contribution in [2.24, 2.45) is 0 Å². The molecule has 4 rings (SSSR count). The lowest BCUT2D eigenvalue weighted by Gasteiger charge is -2.43. The van der Waals surface area contributed by atoms with E-state index in [9.17, 15) is 15.0 Å². The van der Waals surface area contributed by atoms with Crippen LogP contribution in [0.2, 0.25) is 5.02 Å². The zero-order valence-corrected chi connectivity index (χ0v) is 19.7. The summed E-state index contributed by atoms with van der Waals surface area (Å²) in [5, 5.41) is 21.5. The Bertz CT molecular complexity index is 925. The second-order valence-electron chi connectivity index (χ2n) is 9.25. The minimum atomic E-state index is -0.866. The predicted molar refractivity (Wildman–Crippen MR) is 129 cm³/mol. The van der Waals surface area contributed by atoms with Crippen LogP contribution < -0.4 is 4.74 Å². The van der Waals surface area contributed by atoms with E-state index in [4.69, 9.17) is 16.3 Å². The first-order valence-electron chi connectivity index (χ1n) is 11.8. The summed E-state index contributed by atoms with van der Waals surface area (Å²) in [6, 6.07) is 15.8. The molecule has 1 atom stereocenters. The van der Waals surface area contributed by atoms with E-state index in [1.807, 2.05) is 48.5 Å². The van der Waals surface area contributed by atoms with E-state index in [-0.39, 0.29) is 5.92 Å². The second-order valence-corrected chi connectivity index (χ2v) is 9.66. The average Bonchev–Trinajstić information content (AvgIpc) is 2.83. The van der Waals surface area contributed by atoms with Gasteiger partial charge in [-0.3, -0.25) is 4.90 Å². The van der Waals surface area contributed by atoms with E-state index in [0.717, 1.165) is 43.2 Å². The van der Waals surface area contributed by atoms with Crippen molar-refractivity contribution in [1.29, 1.82) is 0 Å². The van der Waals surface area contributed by atoms with E-state index in [1.165, 1.54) is 4.90 Å². The molecular formula is C26H33ClN2O4. The van der Waals surface area contributed by atoms with E-state index >= 15 is 0 Å². The monoisotopic (exact) mass is 472 g/mol. The Labute approximate surface area is 200 Å². The summed E-state index contributed by atoms with van der Waals surface area (Å²) in [7, 11) is 0. The molecule has 2 N–H and O–H groups in total. The molecule has 0 spiro atoms. The highest BCUT2D eigenvalue weighted by molar-refractivity contribution is 6.32. The summed E-state index contributed by atoms with van der Waals surface area (Å²) in [5.74, 6) is 0.545. The lowest BCUT2D eigenvalue weighted by atomic mass is 9.72. The molecule has 0 bridgehead atoms. The van der Waals surface area contributed by atoms with Gasteiger partial charge in [0.2, 0.25) is 0 Å². The van der Waals surface area contributed by atoms with Gasteiger partial charge >= 0.3 is 6.09 Å². The minimum absolute atomic E-state index is 0.0881. The predicted octanol–water partition coefficient (Wildman–Crippen LogP) is 4.99. The first-order valence-corrected chi connectivity index (χ1v) is 12.2. The molecule has 1 saturated carbocycles. The third-order valence-corrected chi connectivity index (χ3v) is 7.34. The molecule has 2 aliphatic rings. The van der Waals surface area contributed by atoms with Gasteiger partial charge in [-0.2, -0.15) is 0 Å². The van der Waals surface area contributed by atoms with Crippen LogP contribution in [0.15, 0.2) is 48.5 Å². The van der Waals surface area contributed by atoms with Crippen molar-refractivity contribution in [3.05, 3.63) is 64.7 Å². The van der Waals surface area contributed by atoms with Gasteiger partial charge in [0.1, 0.15) is 12.4 Å². The van der Waals surface area contributed by atoms with Gasteiger partial charge in [-0.25, -0.2) is 4.79 Å². The van der Waals surface area contributed by atoms with Gasteiger partial charge in [-0.15, -0.1) is 0 Å². The number of amides is 1. The molecule has 6 nitrogen and oxygen atoms in total. The van der Waals surface area contributed by atoms with Gasteiger partial charge in [0, 0.05) is 38.6 Å². The lowest BCUT2D eigenvalue weighted by molar-refractivity contribution is -0.0338. The molecule has 2 aromatic rings. The van der Waals surface area contributed by atoms with Crippen LogP contribution in [0.25, 0.3) is 0 Å². The van der Waals surface area contributed by atoms with Crippen LogP contribution in [0, 0.1) is 0 Å². The van der Waals surface area contributed by atoms with Crippen LogP contribution in [0.3, 0.4) is 0 Å². The van der Waals surface area contributed by atoms with Crippen LogP contribution >= 0.6 is 11.6 Å². The number of nitrogens with zero attached hydrogens (tertiary/aromatic N) is 2. The third-order valence-electron chi connectivity index (χ3n) is 7.05. The van der Waals surface area contributed by atoms with Crippen LogP contribution in [0.1, 0.15) is 49.1 Å². The number of piperazine rings is 1. The zero-order chi connectivity index (χ0) is 23.3. The quantitative estimate of drug-likeness (QED) is 0.593. The van der Waals surface area contributed by atoms with Gasteiger partial charge in [-0.05, 0) is 36.1 Å². The number of hydrogen-bond acceptors (Lipinski definition) is 4. The molecule has 0 aromatic heterocycles. The fourth-order valence-corrected chi connectivity index (χ4v) is 5.31. The first-order chi connectivity index (χ1) is 15.9. The average molecular weight is 473 g/mol. The Morgan fingerprint density at radius 1 is 1.03 bits per heavy atom. The lowest BCUT2D eigenvalue weighted by Crippen LogP contribution is -2.51. The number of carboxylic acid groups (broad SMARTS) is 1. The Morgan fingerprint density at radius 2 is 1.73 bits per heavy atom. The maximum absolute atomic E-state index is 11.7. The number of aliphatic hydroxyl groups is 1. The van der Waals surface area contributed by atoms with Crippen molar-refractivity contribution in [2.45, 2.75) is 50.2 Å². The standard InChI is InChI=1S/C26H33ClN2O4/c27-23-17-21(9-10-24(23)33-19-20-7-3-1-4-8-20)22(26(32)11-5-2-6-12-26)18-28-13-15-29(16-14-28)25(30)31/h1,3-4,7-10,17,22,32H,2,5-6,11-16,18-19H2,(H,30,31). The second kappa shape index (κ2) is 10.8. The van der Waals surface area contributed by atoms with Gasteiger partial charge in [-0.1, -0.05) is 67.3 Å². The Kier molecular flexibility index (Phi) is 7.78. The molecule has 1 aliphatic heterocycles. The third kappa shape index (κ3) is 5.99. The Balaban J connectivity index is 1.50. The van der Waals surface area contributed by atoms with Crippen molar-refractivity contribution in [3.63, 3.8) is 0 Å². The van der Waals surface area contributed by atoms with Crippen molar-refractivity contribution in [3.8, 4) is 5.75 Å². The van der Waals surface area contributed by atoms with E-state index in [1.54, 1.807) is 0 Å². The van der Waals surface area contributed by atoms with Gasteiger partial charge in [0.15, 0.2) is 0 Å². The van der Waals surface area contributed by atoms with Crippen molar-refractivity contribution in [1.82, 2.24) is 9.80 Å². The molecular weight excluding hydrogens is 440 g/mol. The number of carbonyl (C=O) groups is 1. The number of benzene rings is 2. The van der Waals surface area contributed by atoms with Crippen molar-refractivity contribution < 1.29 is 19.7 Å². The van der Waals surface area contributed by atoms with E-state index in [2.05, 4.69) is 4.90 Å². The van der Waals surface area contributed by atoms with Crippen LogP contribution in [0.4, 0.5) is 4.79 Å². The summed E-state index contributed by atoms with van der Waals surface area (Å²) in [5.41, 5.74) is 1.31. The number of rotatable bonds is 7. The maximum atomic E-state index is 11.7. The Morgan fingerprint density at radius 3 is 2.36 bits per heavy atom. The fraction of sp³-hybridized carbons (Fsp3) is 0.500. The smallest absolute Gasteiger partial charge is 0.407 e. The molecule has 1 amide bonds. The summed E-state index contributed by atoms with van der Waals surface area (Å²) < 4.78 is 5.95. The maximum Gasteiger partial charge on any atom is 0.407 e. The molecule has 33 heavy (non-hydrogen) atoms. The topological polar surface area (TPSA) is 73.2 Å². The first kappa shape index (κ1) is 23.9. The molecule has 2 fully saturated rings. The van der Waals surface area contributed by atoms with Gasteiger partial charge in [0.05, 0.1) is 10.6 Å². The van der Waals surface area contributed by atoms with Crippen molar-refractivity contribution >= 4 is 17.7 Å². The van der Waals surface area contributed by atoms with Crippen molar-refractivity contribution in [2.75, 3.05) is 32.7 Å². The largest absolute Gasteiger partial charge is 0.487 e. The highest BCUT2D eigenvalue weighted by Crippen LogP contribution is 2.42. The number of halogens is 1. The van der Waals surface area contributed by atoms with Gasteiger partial charge < -0.3 is 19.8 Å². The number of ether oxygens (including phenoxy) is 1. The normalized spacial score (nSPS) is 19.8. The van der Waals surface area contributed by atoms with E-state index < -0.39 is 11.7 Å². The number of hydrogen-bond donors (Lipinski definition) is 2. The molecule has 7 heteroatoms. The molecule has 1 heterocycles. The minimum Gasteiger partial charge on any atom is -0.487 e. The highest BCUT2D eigenvalue weighted by atomic mass is 35.5.